The van der Waals surface area contributed by atoms with Gasteiger partial charge in [0.15, 0.2) is 7.05 Å². The number of nitrogens with one attached hydrogen (secondary N) is 1. The summed E-state index contributed by atoms with van der Waals surface area (Å²) in [5, 5.41) is 4.61. The van der Waals surface area contributed by atoms with Crippen LogP contribution in [0.3, 0.4) is 0 Å². The highest BCUT2D eigenvalue weighted by Gasteiger charge is 2.13. The summed E-state index contributed by atoms with van der Waals surface area (Å²) in [6.45, 7) is 2.17. The zero-order chi connectivity index (χ0) is 9.42. The molecule has 68 valence electrons. The van der Waals surface area contributed by atoms with E-state index in [-0.39, 0.29) is 0 Å². The lowest BCUT2D eigenvalue weighted by molar-refractivity contribution is -0.731. The lowest BCUT2D eigenvalue weighted by Gasteiger charge is -1.89. The lowest BCUT2D eigenvalue weighted by Crippen LogP contribution is -2.33. The topological polar surface area (TPSA) is 19.7 Å². The van der Waals surface area contributed by atoms with Gasteiger partial charge in [-0.2, -0.15) is 5.10 Å². The lowest BCUT2D eigenvalue weighted by atomic mass is 10.2. The Kier molecular flexibility index (Phi) is 2.12. The fourth-order valence-corrected chi connectivity index (χ4v) is 2.07. The molecule has 2 nitrogen and oxygen atoms in total. The quantitative estimate of drug-likeness (QED) is 0.738. The highest BCUT2D eigenvalue weighted by Crippen LogP contribution is 2.20. The van der Waals surface area contributed by atoms with Gasteiger partial charge in [-0.3, -0.25) is 0 Å². The third-order valence-electron chi connectivity index (χ3n) is 2.32. The Bertz CT molecular complexity index is 445. The molecule has 0 saturated heterocycles. The van der Waals surface area contributed by atoms with Crippen molar-refractivity contribution < 1.29 is 4.68 Å². The maximum atomic E-state index is 3.48. The number of aromatic nitrogens is 2. The van der Waals surface area contributed by atoms with Crippen molar-refractivity contribution in [2.24, 2.45) is 7.05 Å². The minimum absolute atomic E-state index is 1.05. The molecule has 2 rings (SSSR count). The Morgan fingerprint density at radius 1 is 1.46 bits per heavy atom. The first-order valence-electron chi connectivity index (χ1n) is 4.38. The predicted octanol–water partition coefficient (Wildman–Crippen LogP) is 2.32. The molecule has 1 aromatic carbocycles. The van der Waals surface area contributed by atoms with E-state index in [0.717, 1.165) is 10.9 Å². The Balaban J connectivity index is 2.80. The molecule has 2 aromatic rings. The van der Waals surface area contributed by atoms with Gasteiger partial charge in [0.1, 0.15) is 5.52 Å². The van der Waals surface area contributed by atoms with E-state index >= 15 is 0 Å². The van der Waals surface area contributed by atoms with Crippen LogP contribution < -0.4 is 4.68 Å². The highest BCUT2D eigenvalue weighted by molar-refractivity contribution is 9.10. The van der Waals surface area contributed by atoms with Crippen LogP contribution in [-0.2, 0) is 13.5 Å². The van der Waals surface area contributed by atoms with Crippen LogP contribution in [0.15, 0.2) is 22.7 Å². The van der Waals surface area contributed by atoms with Crippen LogP contribution in [0.1, 0.15) is 12.6 Å². The molecule has 0 unspecified atom stereocenters. The summed E-state index contributed by atoms with van der Waals surface area (Å²) >= 11 is 3.48. The van der Waals surface area contributed by atoms with Crippen LogP contribution in [-0.4, -0.2) is 5.10 Å². The van der Waals surface area contributed by atoms with Crippen molar-refractivity contribution in [3.63, 3.8) is 0 Å². The average Bonchev–Trinajstić information content (AvgIpc) is 2.40. The van der Waals surface area contributed by atoms with E-state index < -0.39 is 0 Å². The van der Waals surface area contributed by atoms with Gasteiger partial charge in [-0.1, -0.05) is 22.9 Å². The first-order chi connectivity index (χ1) is 6.22. The maximum absolute atomic E-state index is 3.48. The van der Waals surface area contributed by atoms with Crippen LogP contribution in [0.4, 0.5) is 0 Å². The molecule has 0 fully saturated rings. The molecule has 0 saturated carbocycles. The second-order valence-corrected chi connectivity index (χ2v) is 4.08. The van der Waals surface area contributed by atoms with Crippen molar-refractivity contribution in [1.29, 1.82) is 0 Å². The van der Waals surface area contributed by atoms with Crippen LogP contribution >= 0.6 is 15.9 Å². The van der Waals surface area contributed by atoms with Crippen molar-refractivity contribution in [3.8, 4) is 0 Å². The molecular formula is C10H12BrN2+. The van der Waals surface area contributed by atoms with E-state index in [2.05, 4.69) is 50.8 Å². The average molecular weight is 240 g/mol. The molecule has 0 atom stereocenters. The molecule has 0 aliphatic carbocycles. The zero-order valence-electron chi connectivity index (χ0n) is 7.76. The van der Waals surface area contributed by atoms with E-state index in [9.17, 15) is 0 Å². The normalized spacial score (nSPS) is 11.0. The van der Waals surface area contributed by atoms with Crippen LogP contribution in [0.25, 0.3) is 10.9 Å². The van der Waals surface area contributed by atoms with Crippen molar-refractivity contribution >= 4 is 26.8 Å². The summed E-state index contributed by atoms with van der Waals surface area (Å²) in [7, 11) is 2.05. The summed E-state index contributed by atoms with van der Waals surface area (Å²) < 4.78 is 3.21. The van der Waals surface area contributed by atoms with Crippen molar-refractivity contribution in [2.45, 2.75) is 13.3 Å². The number of aromatic amines is 1. The molecule has 0 spiro atoms. The largest absolute Gasteiger partial charge is 0.214 e. The van der Waals surface area contributed by atoms with Crippen molar-refractivity contribution in [3.05, 3.63) is 28.4 Å². The molecule has 0 aliphatic heterocycles. The summed E-state index contributed by atoms with van der Waals surface area (Å²) in [6.07, 6.45) is 1.05. The van der Waals surface area contributed by atoms with E-state index in [1.807, 2.05) is 7.05 Å². The maximum Gasteiger partial charge on any atom is 0.214 e. The minimum Gasteiger partial charge on any atom is -0.165 e. The number of fused-ring (bicyclic) bond motifs is 1. The van der Waals surface area contributed by atoms with E-state index in [1.54, 1.807) is 0 Å². The van der Waals surface area contributed by atoms with Gasteiger partial charge in [0.2, 0.25) is 5.69 Å². The molecule has 3 heteroatoms. The first-order valence-corrected chi connectivity index (χ1v) is 5.18. The third kappa shape index (κ3) is 1.37. The number of hydrogen-bond donors (Lipinski definition) is 1. The Morgan fingerprint density at radius 2 is 2.23 bits per heavy atom. The molecule has 0 amide bonds. The third-order valence-corrected chi connectivity index (χ3v) is 2.81. The van der Waals surface area contributed by atoms with Gasteiger partial charge in [-0.25, -0.2) is 0 Å². The van der Waals surface area contributed by atoms with E-state index in [4.69, 9.17) is 0 Å². The van der Waals surface area contributed by atoms with Crippen molar-refractivity contribution in [1.82, 2.24) is 5.10 Å². The SMILES string of the molecule is CCc1c2cc(Br)ccc2[nH][n+]1C. The van der Waals surface area contributed by atoms with Gasteiger partial charge >= 0.3 is 0 Å². The first kappa shape index (κ1) is 8.75. The van der Waals surface area contributed by atoms with E-state index in [1.165, 1.54) is 16.6 Å². The number of nitrogens with zero attached hydrogens (tertiary/aromatic N) is 1. The van der Waals surface area contributed by atoms with E-state index in [0.29, 0.717) is 0 Å². The van der Waals surface area contributed by atoms with Gasteiger partial charge in [-0.05, 0) is 18.2 Å². The van der Waals surface area contributed by atoms with Crippen molar-refractivity contribution in [2.75, 3.05) is 0 Å². The van der Waals surface area contributed by atoms with Gasteiger partial charge in [0, 0.05) is 10.9 Å². The smallest absolute Gasteiger partial charge is 0.165 e. The molecule has 0 radical (unpaired) electrons. The second-order valence-electron chi connectivity index (χ2n) is 3.16. The number of hydrogen-bond acceptors (Lipinski definition) is 0. The summed E-state index contributed by atoms with van der Waals surface area (Å²) in [5.41, 5.74) is 2.54. The number of rotatable bonds is 1. The van der Waals surface area contributed by atoms with Gasteiger partial charge < -0.3 is 0 Å². The molecule has 0 aliphatic rings. The highest BCUT2D eigenvalue weighted by atomic mass is 79.9. The Labute approximate surface area is 85.7 Å². The molecule has 0 bridgehead atoms. The fourth-order valence-electron chi connectivity index (χ4n) is 1.71. The van der Waals surface area contributed by atoms with Crippen LogP contribution in [0, 0.1) is 0 Å². The number of benzene rings is 1. The predicted molar refractivity (Wildman–Crippen MR) is 56.6 cm³/mol. The fraction of sp³-hybridized carbons (Fsp3) is 0.300. The van der Waals surface area contributed by atoms with Gasteiger partial charge in [0.25, 0.3) is 0 Å². The van der Waals surface area contributed by atoms with Crippen LogP contribution in [0.5, 0.6) is 0 Å². The minimum atomic E-state index is 1.05. The molecular weight excluding hydrogens is 228 g/mol. The standard InChI is InChI=1S/C10H11BrN2/c1-3-10-8-6-7(11)4-5-9(8)12-13(10)2/h4-6H,3H2,1-2H3/p+1. The zero-order valence-corrected chi connectivity index (χ0v) is 9.35. The number of H-pyrrole nitrogens is 1. The molecule has 1 N–H and O–H groups in total. The molecule has 1 aromatic heterocycles. The Hall–Kier alpha value is -0.830. The monoisotopic (exact) mass is 239 g/mol. The summed E-state index contributed by atoms with van der Waals surface area (Å²) in [4.78, 5) is 0. The summed E-state index contributed by atoms with van der Waals surface area (Å²) in [6, 6.07) is 6.31. The second kappa shape index (κ2) is 3.14. The van der Waals surface area contributed by atoms with Gasteiger partial charge in [0.05, 0.1) is 5.39 Å². The van der Waals surface area contributed by atoms with Crippen LogP contribution in [0.2, 0.25) is 0 Å². The molecule has 1 heterocycles. The number of aryl methyl sites for hydroxylation is 2. The molecule has 13 heavy (non-hydrogen) atoms. The van der Waals surface area contributed by atoms with Gasteiger partial charge in [-0.15, -0.1) is 4.68 Å². The Morgan fingerprint density at radius 3 is 2.92 bits per heavy atom. The number of halogens is 1. The summed E-state index contributed by atoms with van der Waals surface area (Å²) in [5.74, 6) is 0.